The molecule has 1 aromatic carbocycles. The molecule has 0 spiro atoms. The number of hydrogen-bond donors (Lipinski definition) is 3. The van der Waals surface area contributed by atoms with E-state index in [1.54, 1.807) is 36.2 Å². The van der Waals surface area contributed by atoms with Gasteiger partial charge in [-0.15, -0.1) is 0 Å². The summed E-state index contributed by atoms with van der Waals surface area (Å²) in [5, 5.41) is 5.26. The smallest absolute Gasteiger partial charge is 0.238 e. The van der Waals surface area contributed by atoms with Crippen LogP contribution in [0.25, 0.3) is 0 Å². The third kappa shape index (κ3) is 4.97. The lowest BCUT2D eigenvalue weighted by atomic mass is 10.2. The maximum absolute atomic E-state index is 11.9. The highest BCUT2D eigenvalue weighted by molar-refractivity contribution is 5.95. The highest BCUT2D eigenvalue weighted by Gasteiger charge is 2.12. The second-order valence-electron chi connectivity index (χ2n) is 4.11. The first-order valence-corrected chi connectivity index (χ1v) is 6.14. The van der Waals surface area contributed by atoms with Gasteiger partial charge >= 0.3 is 0 Å². The molecule has 0 bridgehead atoms. The highest BCUT2D eigenvalue weighted by Crippen LogP contribution is 2.16. The molecule has 0 radical (unpaired) electrons. The minimum Gasteiger partial charge on any atom is -0.397 e. The van der Waals surface area contributed by atoms with Crippen LogP contribution in [0, 0.1) is 0 Å². The highest BCUT2D eigenvalue weighted by atomic mass is 16.2. The molecule has 0 atom stereocenters. The van der Waals surface area contributed by atoms with Gasteiger partial charge in [0.2, 0.25) is 11.8 Å². The summed E-state index contributed by atoms with van der Waals surface area (Å²) in [5.74, 6) is -0.308. The standard InChI is InChI=1S/C13H20N4O2/c1-3-17(8-12(18)15-2)9-13(19)16-11-7-5-4-6-10(11)14/h4-7H,3,8-9,14H2,1-2H3,(H,15,18)(H,16,19). The topological polar surface area (TPSA) is 87.5 Å². The first-order chi connectivity index (χ1) is 9.06. The van der Waals surface area contributed by atoms with Crippen molar-refractivity contribution in [2.45, 2.75) is 6.92 Å². The fourth-order valence-corrected chi connectivity index (χ4v) is 1.57. The number of carbonyl (C=O) groups excluding carboxylic acids is 2. The van der Waals surface area contributed by atoms with Crippen LogP contribution in [-0.2, 0) is 9.59 Å². The van der Waals surface area contributed by atoms with Crippen LogP contribution in [0.2, 0.25) is 0 Å². The van der Waals surface area contributed by atoms with Gasteiger partial charge in [0.15, 0.2) is 0 Å². The second kappa shape index (κ2) is 7.38. The predicted molar refractivity (Wildman–Crippen MR) is 75.7 cm³/mol. The van der Waals surface area contributed by atoms with E-state index < -0.39 is 0 Å². The van der Waals surface area contributed by atoms with Crippen molar-refractivity contribution in [3.8, 4) is 0 Å². The summed E-state index contributed by atoms with van der Waals surface area (Å²) in [6.07, 6.45) is 0. The Morgan fingerprint density at radius 2 is 1.84 bits per heavy atom. The summed E-state index contributed by atoms with van der Waals surface area (Å²) >= 11 is 0. The molecular formula is C13H20N4O2. The number of anilines is 2. The van der Waals surface area contributed by atoms with Gasteiger partial charge in [0.25, 0.3) is 0 Å². The lowest BCUT2D eigenvalue weighted by Crippen LogP contribution is -2.40. The Hall–Kier alpha value is -2.08. The number of carbonyl (C=O) groups is 2. The normalized spacial score (nSPS) is 10.3. The number of rotatable bonds is 6. The lowest BCUT2D eigenvalue weighted by molar-refractivity contribution is -0.123. The maximum Gasteiger partial charge on any atom is 0.238 e. The molecule has 0 aliphatic heterocycles. The van der Waals surface area contributed by atoms with E-state index in [2.05, 4.69) is 10.6 Å². The van der Waals surface area contributed by atoms with Gasteiger partial charge in [-0.05, 0) is 18.7 Å². The fourth-order valence-electron chi connectivity index (χ4n) is 1.57. The molecule has 0 aliphatic rings. The number of likely N-dealkylation sites (N-methyl/N-ethyl adjacent to an activating group) is 2. The molecule has 0 saturated heterocycles. The van der Waals surface area contributed by atoms with Crippen LogP contribution in [0.1, 0.15) is 6.92 Å². The average Bonchev–Trinajstić information content (AvgIpc) is 2.40. The Kier molecular flexibility index (Phi) is 5.81. The summed E-state index contributed by atoms with van der Waals surface area (Å²) in [6.45, 7) is 2.86. The number of benzene rings is 1. The van der Waals surface area contributed by atoms with E-state index in [9.17, 15) is 9.59 Å². The summed E-state index contributed by atoms with van der Waals surface area (Å²) in [6, 6.07) is 7.06. The number of amides is 2. The van der Waals surface area contributed by atoms with Crippen LogP contribution < -0.4 is 16.4 Å². The van der Waals surface area contributed by atoms with E-state index in [0.717, 1.165) is 0 Å². The number of nitrogens with one attached hydrogen (secondary N) is 2. The number of nitrogens with zero attached hydrogens (tertiary/aromatic N) is 1. The third-order valence-corrected chi connectivity index (χ3v) is 2.70. The molecule has 6 nitrogen and oxygen atoms in total. The largest absolute Gasteiger partial charge is 0.397 e. The Morgan fingerprint density at radius 3 is 2.42 bits per heavy atom. The molecule has 2 amide bonds. The minimum atomic E-state index is -0.191. The zero-order valence-corrected chi connectivity index (χ0v) is 11.3. The number of para-hydroxylation sites is 2. The van der Waals surface area contributed by atoms with Gasteiger partial charge in [0, 0.05) is 7.05 Å². The van der Waals surface area contributed by atoms with Crippen molar-refractivity contribution in [2.24, 2.45) is 0 Å². The first-order valence-electron chi connectivity index (χ1n) is 6.14. The predicted octanol–water partition coefficient (Wildman–Crippen LogP) is 0.275. The Morgan fingerprint density at radius 1 is 1.21 bits per heavy atom. The van der Waals surface area contributed by atoms with Crippen molar-refractivity contribution in [2.75, 3.05) is 37.7 Å². The molecule has 0 saturated carbocycles. The molecule has 0 unspecified atom stereocenters. The number of hydrogen-bond acceptors (Lipinski definition) is 4. The Bertz CT molecular complexity index is 448. The zero-order valence-electron chi connectivity index (χ0n) is 11.3. The van der Waals surface area contributed by atoms with E-state index in [1.807, 2.05) is 6.92 Å². The summed E-state index contributed by atoms with van der Waals surface area (Å²) in [7, 11) is 1.57. The quantitative estimate of drug-likeness (QED) is 0.644. The van der Waals surface area contributed by atoms with Crippen molar-refractivity contribution in [3.63, 3.8) is 0 Å². The average molecular weight is 264 g/mol. The monoisotopic (exact) mass is 264 g/mol. The molecule has 19 heavy (non-hydrogen) atoms. The van der Waals surface area contributed by atoms with Crippen LogP contribution in [-0.4, -0.2) is 43.4 Å². The van der Waals surface area contributed by atoms with E-state index in [-0.39, 0.29) is 24.9 Å². The SMILES string of the molecule is CCN(CC(=O)NC)CC(=O)Nc1ccccc1N. The fraction of sp³-hybridized carbons (Fsp3) is 0.385. The molecule has 0 heterocycles. The van der Waals surface area contributed by atoms with Crippen molar-refractivity contribution < 1.29 is 9.59 Å². The van der Waals surface area contributed by atoms with Gasteiger partial charge in [-0.2, -0.15) is 0 Å². The van der Waals surface area contributed by atoms with Gasteiger partial charge in [-0.25, -0.2) is 0 Å². The third-order valence-electron chi connectivity index (χ3n) is 2.70. The number of nitrogens with two attached hydrogens (primary N) is 1. The summed E-state index contributed by atoms with van der Waals surface area (Å²) < 4.78 is 0. The van der Waals surface area contributed by atoms with Gasteiger partial charge in [0.1, 0.15) is 0 Å². The van der Waals surface area contributed by atoms with Crippen molar-refractivity contribution in [1.82, 2.24) is 10.2 Å². The molecule has 6 heteroatoms. The molecule has 0 fully saturated rings. The first kappa shape index (κ1) is 15.0. The van der Waals surface area contributed by atoms with Crippen molar-refractivity contribution in [3.05, 3.63) is 24.3 Å². The summed E-state index contributed by atoms with van der Waals surface area (Å²) in [5.41, 5.74) is 6.85. The zero-order chi connectivity index (χ0) is 14.3. The molecule has 1 aromatic rings. The second-order valence-corrected chi connectivity index (χ2v) is 4.11. The Balaban J connectivity index is 2.54. The maximum atomic E-state index is 11.9. The van der Waals surface area contributed by atoms with Gasteiger partial charge in [0.05, 0.1) is 24.5 Å². The van der Waals surface area contributed by atoms with Crippen molar-refractivity contribution in [1.29, 1.82) is 0 Å². The van der Waals surface area contributed by atoms with Crippen LogP contribution in [0.15, 0.2) is 24.3 Å². The van der Waals surface area contributed by atoms with Gasteiger partial charge in [-0.1, -0.05) is 19.1 Å². The molecule has 4 N–H and O–H groups in total. The molecule has 0 aromatic heterocycles. The van der Waals surface area contributed by atoms with E-state index in [1.165, 1.54) is 0 Å². The van der Waals surface area contributed by atoms with E-state index in [4.69, 9.17) is 5.73 Å². The molecule has 104 valence electrons. The molecule has 0 aliphatic carbocycles. The van der Waals surface area contributed by atoms with Crippen LogP contribution in [0.5, 0.6) is 0 Å². The molecule has 1 rings (SSSR count). The Labute approximate surface area is 113 Å². The summed E-state index contributed by atoms with van der Waals surface area (Å²) in [4.78, 5) is 24.9. The lowest BCUT2D eigenvalue weighted by Gasteiger charge is -2.19. The molecular weight excluding hydrogens is 244 g/mol. The van der Waals surface area contributed by atoms with Gasteiger partial charge in [-0.3, -0.25) is 14.5 Å². The van der Waals surface area contributed by atoms with Crippen LogP contribution >= 0.6 is 0 Å². The van der Waals surface area contributed by atoms with Crippen LogP contribution in [0.3, 0.4) is 0 Å². The minimum absolute atomic E-state index is 0.117. The van der Waals surface area contributed by atoms with Gasteiger partial charge < -0.3 is 16.4 Å². The van der Waals surface area contributed by atoms with E-state index >= 15 is 0 Å². The number of nitrogen functional groups attached to an aromatic ring is 1. The van der Waals surface area contributed by atoms with Crippen LogP contribution in [0.4, 0.5) is 11.4 Å². The van der Waals surface area contributed by atoms with E-state index in [0.29, 0.717) is 17.9 Å². The van der Waals surface area contributed by atoms with Crippen molar-refractivity contribution >= 4 is 23.2 Å².